The van der Waals surface area contributed by atoms with Crippen molar-refractivity contribution in [2.24, 2.45) is 5.10 Å². The van der Waals surface area contributed by atoms with Crippen LogP contribution in [0.3, 0.4) is 0 Å². The molecule has 0 bridgehead atoms. The second-order valence-corrected chi connectivity index (χ2v) is 7.96. The number of H-pyrrole nitrogens is 1. The van der Waals surface area contributed by atoms with E-state index in [-0.39, 0.29) is 0 Å². The Hall–Kier alpha value is -1.97. The fraction of sp³-hybridized carbons (Fsp3) is 0.211. The Morgan fingerprint density at radius 2 is 2.00 bits per heavy atom. The number of rotatable bonds is 7. The molecule has 0 spiro atoms. The number of hydrogen-bond acceptors (Lipinski definition) is 5. The first-order valence-corrected chi connectivity index (χ1v) is 10.5. The van der Waals surface area contributed by atoms with Crippen molar-refractivity contribution in [3.63, 3.8) is 0 Å². The molecule has 0 aliphatic carbocycles. The minimum Gasteiger partial charge on any atom is -0.493 e. The predicted octanol–water partition coefficient (Wildman–Crippen LogP) is 5.50. The molecule has 0 saturated heterocycles. The number of nitrogens with zero attached hydrogens (tertiary/aromatic N) is 3. The van der Waals surface area contributed by atoms with Crippen molar-refractivity contribution in [3.05, 3.63) is 67.1 Å². The van der Waals surface area contributed by atoms with Gasteiger partial charge in [0, 0.05) is 10.9 Å². The van der Waals surface area contributed by atoms with Gasteiger partial charge in [-0.25, -0.2) is 0 Å². The maximum absolute atomic E-state index is 5.98. The number of halogens is 2. The molecule has 1 aromatic heterocycles. The van der Waals surface area contributed by atoms with Gasteiger partial charge in [-0.1, -0.05) is 35.0 Å². The van der Waals surface area contributed by atoms with E-state index in [2.05, 4.69) is 47.2 Å². The van der Waals surface area contributed by atoms with Gasteiger partial charge in [-0.2, -0.15) is 14.9 Å². The lowest BCUT2D eigenvalue weighted by Crippen LogP contribution is -2.00. The van der Waals surface area contributed by atoms with E-state index in [1.807, 2.05) is 43.3 Å². The number of ether oxygens (including phenoxy) is 2. The van der Waals surface area contributed by atoms with Crippen LogP contribution in [0.25, 0.3) is 0 Å². The molecule has 3 aromatic rings. The van der Waals surface area contributed by atoms with Gasteiger partial charge in [-0.3, -0.25) is 5.10 Å². The summed E-state index contributed by atoms with van der Waals surface area (Å²) in [5, 5.41) is 11.3. The molecule has 3 rings (SSSR count). The van der Waals surface area contributed by atoms with Crippen LogP contribution in [-0.2, 0) is 13.0 Å². The normalized spacial score (nSPS) is 11.1. The summed E-state index contributed by atoms with van der Waals surface area (Å²) < 4.78 is 15.3. The predicted molar refractivity (Wildman–Crippen MR) is 119 cm³/mol. The lowest BCUT2D eigenvalue weighted by molar-refractivity contribution is 0.282. The molecule has 2 aromatic carbocycles. The van der Waals surface area contributed by atoms with Crippen LogP contribution in [0.2, 0.25) is 0 Å². The Morgan fingerprint density at radius 1 is 1.25 bits per heavy atom. The molecule has 6 nitrogen and oxygen atoms in total. The highest BCUT2D eigenvalue weighted by Crippen LogP contribution is 2.37. The number of methoxy groups -OCH3 is 1. The largest absolute Gasteiger partial charge is 0.493 e. The minimum absolute atomic E-state index is 0.430. The van der Waals surface area contributed by atoms with E-state index in [1.165, 1.54) is 0 Å². The first-order valence-electron chi connectivity index (χ1n) is 8.47. The van der Waals surface area contributed by atoms with Crippen molar-refractivity contribution < 1.29 is 9.47 Å². The molecule has 9 heteroatoms. The summed E-state index contributed by atoms with van der Waals surface area (Å²) in [5.41, 5.74) is 1.90. The van der Waals surface area contributed by atoms with Crippen LogP contribution in [0.5, 0.6) is 11.5 Å². The molecule has 0 aliphatic rings. The van der Waals surface area contributed by atoms with Crippen LogP contribution in [-0.4, -0.2) is 28.2 Å². The molecule has 0 atom stereocenters. The summed E-state index contributed by atoms with van der Waals surface area (Å²) in [6, 6.07) is 11.8. The van der Waals surface area contributed by atoms with E-state index >= 15 is 0 Å². The van der Waals surface area contributed by atoms with Crippen molar-refractivity contribution in [2.75, 3.05) is 7.11 Å². The van der Waals surface area contributed by atoms with Crippen LogP contribution < -0.4 is 9.47 Å². The van der Waals surface area contributed by atoms with E-state index in [9.17, 15) is 0 Å². The molecule has 146 valence electrons. The van der Waals surface area contributed by atoms with Gasteiger partial charge in [0.25, 0.3) is 0 Å². The molecular weight excluding hydrogens is 508 g/mol. The van der Waals surface area contributed by atoms with Gasteiger partial charge < -0.3 is 9.47 Å². The lowest BCUT2D eigenvalue weighted by atomic mass is 10.2. The smallest absolute Gasteiger partial charge is 0.216 e. The monoisotopic (exact) mass is 524 g/mol. The number of benzene rings is 2. The van der Waals surface area contributed by atoms with Crippen molar-refractivity contribution in [3.8, 4) is 11.5 Å². The van der Waals surface area contributed by atoms with Crippen molar-refractivity contribution in [1.82, 2.24) is 14.9 Å². The summed E-state index contributed by atoms with van der Waals surface area (Å²) in [6.07, 6.45) is 2.43. The van der Waals surface area contributed by atoms with Gasteiger partial charge in [0.2, 0.25) is 4.77 Å². The molecule has 0 aliphatic heterocycles. The Kier molecular flexibility index (Phi) is 7.03. The fourth-order valence-corrected chi connectivity index (χ4v) is 3.52. The number of hydrogen-bond donors (Lipinski definition) is 1. The first-order chi connectivity index (χ1) is 13.5. The molecule has 1 heterocycles. The Labute approximate surface area is 184 Å². The van der Waals surface area contributed by atoms with Gasteiger partial charge in [0.1, 0.15) is 6.61 Å². The summed E-state index contributed by atoms with van der Waals surface area (Å²) in [6.45, 7) is 2.42. The average molecular weight is 526 g/mol. The van der Waals surface area contributed by atoms with E-state index < -0.39 is 0 Å². The summed E-state index contributed by atoms with van der Waals surface area (Å²) in [7, 11) is 1.61. The topological polar surface area (TPSA) is 64.4 Å². The van der Waals surface area contributed by atoms with Crippen molar-refractivity contribution in [1.29, 1.82) is 0 Å². The quantitative estimate of drug-likeness (QED) is 0.327. The van der Waals surface area contributed by atoms with Crippen LogP contribution in [0.1, 0.15) is 23.9 Å². The highest BCUT2D eigenvalue weighted by Gasteiger charge is 2.12. The van der Waals surface area contributed by atoms with Gasteiger partial charge in [0.05, 0.1) is 17.8 Å². The van der Waals surface area contributed by atoms with Crippen molar-refractivity contribution in [2.45, 2.75) is 20.0 Å². The molecule has 0 fully saturated rings. The Bertz CT molecular complexity index is 1050. The number of aryl methyl sites for hydroxylation is 1. The second-order valence-electron chi connectivity index (χ2n) is 5.80. The third-order valence-electron chi connectivity index (χ3n) is 3.90. The Balaban J connectivity index is 1.82. The van der Waals surface area contributed by atoms with E-state index in [1.54, 1.807) is 18.0 Å². The number of nitrogens with one attached hydrogen (secondary N) is 1. The van der Waals surface area contributed by atoms with Gasteiger partial charge >= 0.3 is 0 Å². The zero-order chi connectivity index (χ0) is 20.1. The zero-order valence-corrected chi connectivity index (χ0v) is 19.3. The molecule has 0 saturated carbocycles. The van der Waals surface area contributed by atoms with Crippen LogP contribution in [0, 0.1) is 4.77 Å². The van der Waals surface area contributed by atoms with Gasteiger partial charge in [0.15, 0.2) is 17.3 Å². The molecule has 28 heavy (non-hydrogen) atoms. The fourth-order valence-electron chi connectivity index (χ4n) is 2.49. The van der Waals surface area contributed by atoms with E-state index in [4.69, 9.17) is 21.7 Å². The summed E-state index contributed by atoms with van der Waals surface area (Å²) in [4.78, 5) is 0. The molecular formula is C19H18Br2N4O2S. The van der Waals surface area contributed by atoms with Gasteiger partial charge in [-0.15, -0.1) is 0 Å². The first kappa shape index (κ1) is 20.8. The molecule has 0 unspecified atom stereocenters. The highest BCUT2D eigenvalue weighted by atomic mass is 79.9. The average Bonchev–Trinajstić information content (AvgIpc) is 3.06. The maximum atomic E-state index is 5.98. The van der Waals surface area contributed by atoms with Crippen molar-refractivity contribution >= 4 is 50.3 Å². The second kappa shape index (κ2) is 9.49. The van der Waals surface area contributed by atoms with E-state index in [0.29, 0.717) is 22.9 Å². The summed E-state index contributed by atoms with van der Waals surface area (Å²) >= 11 is 12.2. The van der Waals surface area contributed by atoms with Crippen LogP contribution in [0.4, 0.5) is 0 Å². The van der Waals surface area contributed by atoms with E-state index in [0.717, 1.165) is 32.3 Å². The van der Waals surface area contributed by atoms with Crippen LogP contribution in [0.15, 0.2) is 50.4 Å². The molecule has 0 amide bonds. The van der Waals surface area contributed by atoms with Gasteiger partial charge in [-0.05, 0) is 63.5 Å². The third-order valence-corrected chi connectivity index (χ3v) is 5.29. The number of aromatic amines is 1. The lowest BCUT2D eigenvalue weighted by Gasteiger charge is -2.13. The summed E-state index contributed by atoms with van der Waals surface area (Å²) in [5.74, 6) is 2.01. The molecule has 1 N–H and O–H groups in total. The standard InChI is InChI=1S/C19H18Br2N4O2S/c1-3-17-23-24-19(28)25(17)22-10-13-8-15(21)18(16(9-13)26-2)27-11-12-4-6-14(20)7-5-12/h4-10H,3,11H2,1-2H3,(H,24,28)/b22-10-. The highest BCUT2D eigenvalue weighted by molar-refractivity contribution is 9.10. The van der Waals surface area contributed by atoms with Crippen LogP contribution >= 0.6 is 44.1 Å². The minimum atomic E-state index is 0.430. The Morgan fingerprint density at radius 3 is 2.68 bits per heavy atom. The SMILES string of the molecule is CCc1n[nH]c(=S)n1/N=C\c1cc(Br)c(OCc2ccc(Br)cc2)c(OC)c1. The maximum Gasteiger partial charge on any atom is 0.216 e. The zero-order valence-electron chi connectivity index (χ0n) is 15.3. The third kappa shape index (κ3) is 4.89. The number of aromatic nitrogens is 3. The molecule has 0 radical (unpaired) electrons.